The Bertz CT molecular complexity index is 557. The molecule has 0 unspecified atom stereocenters. The average Bonchev–Trinajstić information content (AvgIpc) is 2.61. The first kappa shape index (κ1) is 14.0. The molecule has 2 rings (SSSR count). The second-order valence-corrected chi connectivity index (χ2v) is 4.44. The van der Waals surface area contributed by atoms with Crippen LogP contribution in [-0.2, 0) is 9.59 Å². The Balaban J connectivity index is 2.33. The molecule has 1 aliphatic rings. The maximum absolute atomic E-state index is 14.1. The molecule has 6 heteroatoms. The van der Waals surface area contributed by atoms with Crippen LogP contribution in [0.5, 0.6) is 0 Å². The van der Waals surface area contributed by atoms with E-state index < -0.39 is 11.8 Å². The summed E-state index contributed by atoms with van der Waals surface area (Å²) in [6.07, 6.45) is 2.62. The molecule has 1 aromatic carbocycles. The van der Waals surface area contributed by atoms with Gasteiger partial charge in [-0.15, -0.1) is 0 Å². The molecule has 0 aromatic heterocycles. The van der Waals surface area contributed by atoms with Crippen molar-refractivity contribution >= 4 is 23.6 Å². The van der Waals surface area contributed by atoms with Gasteiger partial charge < -0.3 is 15.3 Å². The molecular formula is C14H15FN2O3. The van der Waals surface area contributed by atoms with Crippen LogP contribution >= 0.6 is 0 Å². The maximum Gasteiger partial charge on any atom is 0.328 e. The molecule has 1 saturated heterocycles. The van der Waals surface area contributed by atoms with Gasteiger partial charge in [-0.2, -0.15) is 0 Å². The molecular weight excluding hydrogens is 263 g/mol. The standard InChI is InChI=1S/C14H15FN2O3/c15-11-3-1-2-10(4-5-13(19)20)14(11)17-8-6-12(18)16-7-9-17/h1-5H,6-9H2,(H,16,18)(H,19,20)/b5-4+. The number of carbonyl (C=O) groups excluding carboxylic acids is 1. The fraction of sp³-hybridized carbons (Fsp3) is 0.286. The number of hydrogen-bond donors (Lipinski definition) is 2. The van der Waals surface area contributed by atoms with E-state index in [1.165, 1.54) is 18.2 Å². The molecule has 0 spiro atoms. The monoisotopic (exact) mass is 278 g/mol. The zero-order chi connectivity index (χ0) is 14.5. The summed E-state index contributed by atoms with van der Waals surface area (Å²) in [5.74, 6) is -1.58. The first-order valence-corrected chi connectivity index (χ1v) is 6.29. The van der Waals surface area contributed by atoms with Crippen LogP contribution in [0.4, 0.5) is 10.1 Å². The SMILES string of the molecule is O=C(O)/C=C/c1cccc(F)c1N1CCNC(=O)CC1. The van der Waals surface area contributed by atoms with Crippen molar-refractivity contribution in [1.29, 1.82) is 0 Å². The average molecular weight is 278 g/mol. The molecule has 1 heterocycles. The van der Waals surface area contributed by atoms with Crippen molar-refractivity contribution in [3.63, 3.8) is 0 Å². The summed E-state index contributed by atoms with van der Waals surface area (Å²) < 4.78 is 14.1. The van der Waals surface area contributed by atoms with Gasteiger partial charge in [0.05, 0.1) is 5.69 Å². The summed E-state index contributed by atoms with van der Waals surface area (Å²) in [6, 6.07) is 4.51. The van der Waals surface area contributed by atoms with Gasteiger partial charge in [-0.05, 0) is 12.1 Å². The number of anilines is 1. The fourth-order valence-electron chi connectivity index (χ4n) is 2.15. The van der Waals surface area contributed by atoms with Gasteiger partial charge in [-0.1, -0.05) is 12.1 Å². The number of para-hydroxylation sites is 1. The van der Waals surface area contributed by atoms with Crippen molar-refractivity contribution in [3.8, 4) is 0 Å². The van der Waals surface area contributed by atoms with E-state index in [0.29, 0.717) is 30.9 Å². The van der Waals surface area contributed by atoms with Crippen molar-refractivity contribution in [1.82, 2.24) is 5.32 Å². The minimum absolute atomic E-state index is 0.0635. The van der Waals surface area contributed by atoms with Gasteiger partial charge in [0, 0.05) is 37.7 Å². The van der Waals surface area contributed by atoms with Gasteiger partial charge in [0.2, 0.25) is 5.91 Å². The van der Waals surface area contributed by atoms with Crippen LogP contribution in [0.15, 0.2) is 24.3 Å². The highest BCUT2D eigenvalue weighted by molar-refractivity contribution is 5.87. The zero-order valence-corrected chi connectivity index (χ0v) is 10.8. The summed E-state index contributed by atoms with van der Waals surface area (Å²) in [4.78, 5) is 23.7. The highest BCUT2D eigenvalue weighted by Crippen LogP contribution is 2.26. The summed E-state index contributed by atoms with van der Waals surface area (Å²) in [6.45, 7) is 1.33. The van der Waals surface area contributed by atoms with Crippen molar-refractivity contribution in [3.05, 3.63) is 35.7 Å². The van der Waals surface area contributed by atoms with E-state index in [9.17, 15) is 14.0 Å². The predicted molar refractivity (Wildman–Crippen MR) is 72.9 cm³/mol. The van der Waals surface area contributed by atoms with Crippen molar-refractivity contribution < 1.29 is 19.1 Å². The maximum atomic E-state index is 14.1. The quantitative estimate of drug-likeness (QED) is 0.816. The van der Waals surface area contributed by atoms with E-state index >= 15 is 0 Å². The lowest BCUT2D eigenvalue weighted by atomic mass is 10.1. The Morgan fingerprint density at radius 1 is 1.40 bits per heavy atom. The summed E-state index contributed by atoms with van der Waals surface area (Å²) in [5, 5.41) is 11.4. The minimum atomic E-state index is -1.09. The molecule has 5 nitrogen and oxygen atoms in total. The molecule has 0 aliphatic carbocycles. The summed E-state index contributed by atoms with van der Waals surface area (Å²) >= 11 is 0. The van der Waals surface area contributed by atoms with Crippen LogP contribution in [0.2, 0.25) is 0 Å². The smallest absolute Gasteiger partial charge is 0.328 e. The minimum Gasteiger partial charge on any atom is -0.478 e. The molecule has 1 amide bonds. The Labute approximate surface area is 115 Å². The van der Waals surface area contributed by atoms with E-state index in [2.05, 4.69) is 5.32 Å². The fourth-order valence-corrected chi connectivity index (χ4v) is 2.15. The molecule has 0 atom stereocenters. The third-order valence-electron chi connectivity index (χ3n) is 3.05. The molecule has 1 aromatic rings. The number of nitrogens with one attached hydrogen (secondary N) is 1. The molecule has 20 heavy (non-hydrogen) atoms. The second-order valence-electron chi connectivity index (χ2n) is 4.44. The van der Waals surface area contributed by atoms with Gasteiger partial charge in [-0.3, -0.25) is 4.79 Å². The first-order valence-electron chi connectivity index (χ1n) is 6.29. The normalized spacial score (nSPS) is 16.1. The first-order chi connectivity index (χ1) is 9.58. The largest absolute Gasteiger partial charge is 0.478 e. The molecule has 106 valence electrons. The van der Waals surface area contributed by atoms with Crippen LogP contribution in [0.3, 0.4) is 0 Å². The van der Waals surface area contributed by atoms with Crippen molar-refractivity contribution in [2.75, 3.05) is 24.5 Å². The van der Waals surface area contributed by atoms with Crippen molar-refractivity contribution in [2.45, 2.75) is 6.42 Å². The third kappa shape index (κ3) is 3.34. The number of carbonyl (C=O) groups is 2. The molecule has 0 bridgehead atoms. The van der Waals surface area contributed by atoms with Crippen LogP contribution in [0.25, 0.3) is 6.08 Å². The van der Waals surface area contributed by atoms with Crippen LogP contribution in [0, 0.1) is 5.82 Å². The van der Waals surface area contributed by atoms with Gasteiger partial charge in [0.1, 0.15) is 5.82 Å². The van der Waals surface area contributed by atoms with E-state index in [1.807, 2.05) is 0 Å². The van der Waals surface area contributed by atoms with E-state index in [0.717, 1.165) is 6.08 Å². The Morgan fingerprint density at radius 2 is 2.20 bits per heavy atom. The Kier molecular flexibility index (Phi) is 4.34. The highest BCUT2D eigenvalue weighted by atomic mass is 19.1. The van der Waals surface area contributed by atoms with Gasteiger partial charge in [0.25, 0.3) is 0 Å². The highest BCUT2D eigenvalue weighted by Gasteiger charge is 2.18. The summed E-state index contributed by atoms with van der Waals surface area (Å²) in [5.41, 5.74) is 0.822. The molecule has 0 radical (unpaired) electrons. The zero-order valence-electron chi connectivity index (χ0n) is 10.8. The number of carboxylic acid groups (broad SMARTS) is 1. The van der Waals surface area contributed by atoms with E-state index in [4.69, 9.17) is 5.11 Å². The molecule has 1 aliphatic heterocycles. The molecule has 0 saturated carbocycles. The number of amides is 1. The van der Waals surface area contributed by atoms with Gasteiger partial charge in [0.15, 0.2) is 0 Å². The number of rotatable bonds is 3. The van der Waals surface area contributed by atoms with Crippen LogP contribution in [0.1, 0.15) is 12.0 Å². The van der Waals surface area contributed by atoms with Gasteiger partial charge >= 0.3 is 5.97 Å². The molecule has 2 N–H and O–H groups in total. The van der Waals surface area contributed by atoms with Gasteiger partial charge in [-0.25, -0.2) is 9.18 Å². The van der Waals surface area contributed by atoms with E-state index in [1.54, 1.807) is 11.0 Å². The lowest BCUT2D eigenvalue weighted by molar-refractivity contribution is -0.131. The van der Waals surface area contributed by atoms with E-state index in [-0.39, 0.29) is 12.3 Å². The second kappa shape index (κ2) is 6.18. The lowest BCUT2D eigenvalue weighted by Crippen LogP contribution is -2.29. The lowest BCUT2D eigenvalue weighted by Gasteiger charge is -2.24. The third-order valence-corrected chi connectivity index (χ3v) is 3.05. The topological polar surface area (TPSA) is 69.6 Å². The predicted octanol–water partition coefficient (Wildman–Crippen LogP) is 1.25. The number of nitrogens with zero attached hydrogens (tertiary/aromatic N) is 1. The molecule has 1 fully saturated rings. The van der Waals surface area contributed by atoms with Crippen LogP contribution in [-0.4, -0.2) is 36.6 Å². The van der Waals surface area contributed by atoms with Crippen molar-refractivity contribution in [2.24, 2.45) is 0 Å². The Morgan fingerprint density at radius 3 is 2.95 bits per heavy atom. The number of hydrogen-bond acceptors (Lipinski definition) is 3. The van der Waals surface area contributed by atoms with Crippen LogP contribution < -0.4 is 10.2 Å². The Hall–Kier alpha value is -2.37. The number of benzene rings is 1. The number of aliphatic carboxylic acids is 1. The number of halogens is 1. The summed E-state index contributed by atoms with van der Waals surface area (Å²) in [7, 11) is 0. The number of carboxylic acids is 1.